The van der Waals surface area contributed by atoms with Crippen LogP contribution in [-0.4, -0.2) is 25.8 Å². The highest BCUT2D eigenvalue weighted by atomic mass is 32.2. The summed E-state index contributed by atoms with van der Waals surface area (Å²) in [5.41, 5.74) is 0.378. The van der Waals surface area contributed by atoms with Crippen molar-refractivity contribution in [1.29, 1.82) is 5.26 Å². The minimum atomic E-state index is -3.41. The molecule has 0 aliphatic carbocycles. The third-order valence-corrected chi connectivity index (χ3v) is 4.81. The lowest BCUT2D eigenvalue weighted by atomic mass is 10.2. The summed E-state index contributed by atoms with van der Waals surface area (Å²) in [6.07, 6.45) is 2.92. The predicted molar refractivity (Wildman–Crippen MR) is 63.8 cm³/mol. The Hall–Kier alpha value is -1.38. The van der Waals surface area contributed by atoms with E-state index in [4.69, 9.17) is 5.26 Å². The number of nitrogens with zero attached hydrogens (tertiary/aromatic N) is 2. The highest BCUT2D eigenvalue weighted by molar-refractivity contribution is 7.89. The minimum Gasteiger partial charge on any atom is -0.207 e. The van der Waals surface area contributed by atoms with Gasteiger partial charge in [0.1, 0.15) is 0 Å². The zero-order valence-corrected chi connectivity index (χ0v) is 10.3. The van der Waals surface area contributed by atoms with E-state index in [0.29, 0.717) is 18.7 Å². The number of rotatable bonds is 2. The van der Waals surface area contributed by atoms with Crippen molar-refractivity contribution in [1.82, 2.24) is 4.31 Å². The first-order valence-corrected chi connectivity index (χ1v) is 7.09. The van der Waals surface area contributed by atoms with Crippen molar-refractivity contribution in [2.75, 3.05) is 13.1 Å². The van der Waals surface area contributed by atoms with Crippen LogP contribution in [0.25, 0.3) is 0 Å². The second-order valence-electron chi connectivity index (χ2n) is 4.10. The topological polar surface area (TPSA) is 61.2 Å². The first-order valence-electron chi connectivity index (χ1n) is 5.65. The van der Waals surface area contributed by atoms with Gasteiger partial charge in [-0.2, -0.15) is 9.57 Å². The van der Waals surface area contributed by atoms with E-state index >= 15 is 0 Å². The average molecular weight is 250 g/mol. The molecule has 0 unspecified atom stereocenters. The second-order valence-corrected chi connectivity index (χ2v) is 6.04. The molecule has 0 radical (unpaired) electrons. The Kier molecular flexibility index (Phi) is 3.46. The van der Waals surface area contributed by atoms with Gasteiger partial charge in [0.05, 0.1) is 16.5 Å². The standard InChI is InChI=1S/C12H14N2O2S/c13-10-11-5-4-6-12(9-11)17(15,16)14-7-2-1-3-8-14/h4-6,9H,1-3,7-8H2. The van der Waals surface area contributed by atoms with Gasteiger partial charge in [0.15, 0.2) is 0 Å². The van der Waals surface area contributed by atoms with Crippen LogP contribution in [0, 0.1) is 11.3 Å². The van der Waals surface area contributed by atoms with E-state index in [2.05, 4.69) is 0 Å². The maximum atomic E-state index is 12.3. The van der Waals surface area contributed by atoms with E-state index in [0.717, 1.165) is 19.3 Å². The van der Waals surface area contributed by atoms with Crippen molar-refractivity contribution < 1.29 is 8.42 Å². The van der Waals surface area contributed by atoms with Gasteiger partial charge in [0.2, 0.25) is 10.0 Å². The van der Waals surface area contributed by atoms with Crippen molar-refractivity contribution in [3.63, 3.8) is 0 Å². The van der Waals surface area contributed by atoms with Crippen molar-refractivity contribution >= 4 is 10.0 Å². The first-order chi connectivity index (χ1) is 8.14. The summed E-state index contributed by atoms with van der Waals surface area (Å²) < 4.78 is 26.1. The van der Waals surface area contributed by atoms with Crippen molar-refractivity contribution in [2.24, 2.45) is 0 Å². The van der Waals surface area contributed by atoms with E-state index in [-0.39, 0.29) is 4.90 Å². The van der Waals surface area contributed by atoms with Crippen LogP contribution in [0.5, 0.6) is 0 Å². The van der Waals surface area contributed by atoms with Gasteiger partial charge >= 0.3 is 0 Å². The molecule has 0 amide bonds. The van der Waals surface area contributed by atoms with Gasteiger partial charge in [-0.1, -0.05) is 12.5 Å². The van der Waals surface area contributed by atoms with Gasteiger partial charge in [0.25, 0.3) is 0 Å². The molecule has 0 aromatic heterocycles. The van der Waals surface area contributed by atoms with Gasteiger partial charge in [-0.3, -0.25) is 0 Å². The number of sulfonamides is 1. The molecule has 1 fully saturated rings. The first kappa shape index (κ1) is 12.1. The fourth-order valence-electron chi connectivity index (χ4n) is 1.98. The molecule has 0 saturated carbocycles. The van der Waals surface area contributed by atoms with Crippen molar-refractivity contribution in [2.45, 2.75) is 24.2 Å². The third kappa shape index (κ3) is 2.48. The number of nitriles is 1. The van der Waals surface area contributed by atoms with E-state index < -0.39 is 10.0 Å². The molecule has 1 aliphatic rings. The van der Waals surface area contributed by atoms with Crippen LogP contribution in [0.4, 0.5) is 0 Å². The summed E-state index contributed by atoms with van der Waals surface area (Å²) >= 11 is 0. The van der Waals surface area contributed by atoms with Crippen LogP contribution in [0.1, 0.15) is 24.8 Å². The molecule has 1 aromatic rings. The molecule has 0 bridgehead atoms. The average Bonchev–Trinajstić information content (AvgIpc) is 2.40. The molecule has 17 heavy (non-hydrogen) atoms. The Bertz CT molecular complexity index is 540. The summed E-state index contributed by atoms with van der Waals surface area (Å²) in [5.74, 6) is 0. The van der Waals surface area contributed by atoms with Crippen molar-refractivity contribution in [3.8, 4) is 6.07 Å². The Labute approximate surface area is 102 Å². The fourth-order valence-corrected chi connectivity index (χ4v) is 3.54. The third-order valence-electron chi connectivity index (χ3n) is 2.92. The summed E-state index contributed by atoms with van der Waals surface area (Å²) in [6, 6.07) is 8.15. The van der Waals surface area contributed by atoms with E-state index in [9.17, 15) is 8.42 Å². The number of hydrogen-bond donors (Lipinski definition) is 0. The molecular formula is C12H14N2O2S. The van der Waals surface area contributed by atoms with Crippen LogP contribution >= 0.6 is 0 Å². The molecule has 1 saturated heterocycles. The van der Waals surface area contributed by atoms with Crippen LogP contribution in [0.3, 0.4) is 0 Å². The smallest absolute Gasteiger partial charge is 0.207 e. The Morgan fingerprint density at radius 1 is 1.18 bits per heavy atom. The molecule has 90 valence electrons. The largest absolute Gasteiger partial charge is 0.243 e. The van der Waals surface area contributed by atoms with Gasteiger partial charge in [-0.05, 0) is 31.0 Å². The minimum absolute atomic E-state index is 0.221. The predicted octanol–water partition coefficient (Wildman–Crippen LogP) is 1.73. The van der Waals surface area contributed by atoms with E-state index in [1.54, 1.807) is 18.2 Å². The number of piperidine rings is 1. The second kappa shape index (κ2) is 4.86. The highest BCUT2D eigenvalue weighted by Crippen LogP contribution is 2.20. The molecular weight excluding hydrogens is 236 g/mol. The maximum absolute atomic E-state index is 12.3. The molecule has 1 aliphatic heterocycles. The maximum Gasteiger partial charge on any atom is 0.243 e. The summed E-state index contributed by atoms with van der Waals surface area (Å²) in [4.78, 5) is 0.221. The van der Waals surface area contributed by atoms with Crippen LogP contribution in [0.2, 0.25) is 0 Å². The summed E-state index contributed by atoms with van der Waals surface area (Å²) in [6.45, 7) is 1.16. The zero-order valence-electron chi connectivity index (χ0n) is 9.46. The number of benzene rings is 1. The lowest BCUT2D eigenvalue weighted by Crippen LogP contribution is -2.35. The molecule has 2 rings (SSSR count). The molecule has 5 heteroatoms. The Morgan fingerprint density at radius 3 is 2.53 bits per heavy atom. The lowest BCUT2D eigenvalue weighted by Gasteiger charge is -2.25. The molecule has 0 spiro atoms. The monoisotopic (exact) mass is 250 g/mol. The van der Waals surface area contributed by atoms with E-state index in [1.165, 1.54) is 10.4 Å². The number of hydrogen-bond acceptors (Lipinski definition) is 3. The Morgan fingerprint density at radius 2 is 1.88 bits per heavy atom. The highest BCUT2D eigenvalue weighted by Gasteiger charge is 2.25. The summed E-state index contributed by atoms with van der Waals surface area (Å²) in [7, 11) is -3.41. The normalized spacial score (nSPS) is 17.6. The quantitative estimate of drug-likeness (QED) is 0.803. The van der Waals surface area contributed by atoms with Crippen molar-refractivity contribution in [3.05, 3.63) is 29.8 Å². The van der Waals surface area contributed by atoms with Gasteiger partial charge in [-0.15, -0.1) is 0 Å². The SMILES string of the molecule is N#Cc1cccc(S(=O)(=O)N2CCCCC2)c1. The zero-order chi connectivity index (χ0) is 12.3. The van der Waals surface area contributed by atoms with Crippen LogP contribution < -0.4 is 0 Å². The molecule has 0 atom stereocenters. The van der Waals surface area contributed by atoms with Gasteiger partial charge in [0, 0.05) is 13.1 Å². The molecule has 1 aromatic carbocycles. The fraction of sp³-hybridized carbons (Fsp3) is 0.417. The molecule has 4 nitrogen and oxygen atoms in total. The Balaban J connectivity index is 2.34. The molecule has 0 N–H and O–H groups in total. The van der Waals surface area contributed by atoms with Gasteiger partial charge < -0.3 is 0 Å². The van der Waals surface area contributed by atoms with Crippen LogP contribution in [0.15, 0.2) is 29.2 Å². The van der Waals surface area contributed by atoms with E-state index in [1.807, 2.05) is 6.07 Å². The van der Waals surface area contributed by atoms with Gasteiger partial charge in [-0.25, -0.2) is 8.42 Å². The molecule has 1 heterocycles. The lowest BCUT2D eigenvalue weighted by molar-refractivity contribution is 0.346. The summed E-state index contributed by atoms with van der Waals surface area (Å²) in [5, 5.41) is 8.78. The van der Waals surface area contributed by atoms with Crippen LogP contribution in [-0.2, 0) is 10.0 Å².